The Balaban J connectivity index is 1.35. The number of para-hydroxylation sites is 1. The smallest absolute Gasteiger partial charge is 0.208 e. The van der Waals surface area contributed by atoms with E-state index >= 15 is 0 Å². The summed E-state index contributed by atoms with van der Waals surface area (Å²) in [4.78, 5) is 24.9. The molecule has 0 spiro atoms. The van der Waals surface area contributed by atoms with Gasteiger partial charge in [-0.25, -0.2) is 15.0 Å². The first-order chi connectivity index (χ1) is 13.4. The van der Waals surface area contributed by atoms with E-state index in [1.807, 2.05) is 18.5 Å². The molecule has 8 heteroatoms. The molecule has 1 fully saturated rings. The average Bonchev–Trinajstić information content (AvgIpc) is 3.19. The summed E-state index contributed by atoms with van der Waals surface area (Å²) in [5, 5.41) is 0.996. The monoisotopic (exact) mass is 377 g/mol. The van der Waals surface area contributed by atoms with E-state index in [0.717, 1.165) is 55.1 Å². The van der Waals surface area contributed by atoms with Gasteiger partial charge in [-0.3, -0.25) is 9.88 Å². The van der Waals surface area contributed by atoms with E-state index in [1.54, 1.807) is 23.7 Å². The Labute approximate surface area is 161 Å². The Hall–Kier alpha value is -3.00. The third kappa shape index (κ3) is 3.12. The zero-order valence-electron chi connectivity index (χ0n) is 14.8. The molecule has 136 valence electrons. The topological polar surface area (TPSA) is 60.8 Å². The number of anilines is 2. The molecule has 5 rings (SSSR count). The lowest BCUT2D eigenvalue weighted by atomic mass is 10.3. The van der Waals surface area contributed by atoms with Crippen LogP contribution in [0.3, 0.4) is 0 Å². The maximum Gasteiger partial charge on any atom is 0.208 e. The van der Waals surface area contributed by atoms with E-state index in [0.29, 0.717) is 0 Å². The molecule has 1 saturated heterocycles. The van der Waals surface area contributed by atoms with Crippen molar-refractivity contribution in [3.8, 4) is 0 Å². The summed E-state index contributed by atoms with van der Waals surface area (Å²) in [6, 6.07) is 8.27. The minimum Gasteiger partial charge on any atom is -0.352 e. The number of nitrogens with zero attached hydrogens (tertiary/aromatic N) is 7. The average molecular weight is 377 g/mol. The van der Waals surface area contributed by atoms with Crippen LogP contribution in [0.2, 0.25) is 0 Å². The Morgan fingerprint density at radius 1 is 0.963 bits per heavy atom. The Bertz CT molecular complexity index is 956. The second-order valence-corrected chi connectivity index (χ2v) is 7.44. The summed E-state index contributed by atoms with van der Waals surface area (Å²) < 4.78 is 1.20. The first kappa shape index (κ1) is 16.2. The molecule has 1 aromatic carbocycles. The van der Waals surface area contributed by atoms with Gasteiger partial charge in [-0.1, -0.05) is 23.5 Å². The van der Waals surface area contributed by atoms with E-state index in [4.69, 9.17) is 4.98 Å². The van der Waals surface area contributed by atoms with Crippen LogP contribution in [0, 0.1) is 0 Å². The van der Waals surface area contributed by atoms with Gasteiger partial charge in [-0.2, -0.15) is 0 Å². The van der Waals surface area contributed by atoms with Crippen LogP contribution >= 0.6 is 11.3 Å². The first-order valence-electron chi connectivity index (χ1n) is 9.00. The summed E-state index contributed by atoms with van der Waals surface area (Å²) in [5.74, 6) is 1.92. The number of thiazole rings is 1. The van der Waals surface area contributed by atoms with E-state index in [9.17, 15) is 0 Å². The van der Waals surface area contributed by atoms with Gasteiger partial charge in [0.15, 0.2) is 5.13 Å². The standard InChI is InChI=1S/C19H19N7S/c1-2-5-16-15(4-1)23-19(27-16)26-9-3-6-22-18(26)25-12-10-24(11-13-25)17-14-20-7-8-21-17/h1-8,14H,9-13H2. The van der Waals surface area contributed by atoms with Crippen LogP contribution in [0.25, 0.3) is 10.2 Å². The SMILES string of the molecule is C1=CN=C(N2CCN(c3cnccn3)CC2)N(c2nc3ccccc3s2)C1. The maximum atomic E-state index is 4.82. The number of rotatable bonds is 2. The molecule has 0 aliphatic carbocycles. The molecule has 4 heterocycles. The number of aliphatic imine (C=N–C) groups is 1. The predicted molar refractivity (Wildman–Crippen MR) is 109 cm³/mol. The number of fused-ring (bicyclic) bond motifs is 1. The molecule has 0 saturated carbocycles. The van der Waals surface area contributed by atoms with Gasteiger partial charge >= 0.3 is 0 Å². The summed E-state index contributed by atoms with van der Waals surface area (Å²) in [7, 11) is 0. The second kappa shape index (κ2) is 6.96. The van der Waals surface area contributed by atoms with Gasteiger partial charge in [0.2, 0.25) is 5.96 Å². The van der Waals surface area contributed by atoms with Crippen LogP contribution in [0.5, 0.6) is 0 Å². The molecule has 7 nitrogen and oxygen atoms in total. The van der Waals surface area contributed by atoms with Crippen molar-refractivity contribution in [3.05, 3.63) is 55.1 Å². The molecule has 0 amide bonds. The second-order valence-electron chi connectivity index (χ2n) is 6.43. The maximum absolute atomic E-state index is 4.82. The predicted octanol–water partition coefficient (Wildman–Crippen LogP) is 2.60. The molecule has 0 unspecified atom stereocenters. The highest BCUT2D eigenvalue weighted by molar-refractivity contribution is 7.22. The van der Waals surface area contributed by atoms with E-state index in [1.165, 1.54) is 4.70 Å². The number of hydrogen-bond acceptors (Lipinski definition) is 8. The fraction of sp³-hybridized carbons (Fsp3) is 0.263. The van der Waals surface area contributed by atoms with E-state index in [-0.39, 0.29) is 0 Å². The molecule has 2 aromatic heterocycles. The zero-order valence-corrected chi connectivity index (χ0v) is 15.6. The minimum atomic E-state index is 0.795. The molecule has 2 aliphatic rings. The van der Waals surface area contributed by atoms with Crippen molar-refractivity contribution >= 4 is 38.5 Å². The van der Waals surface area contributed by atoms with Gasteiger partial charge in [0, 0.05) is 51.3 Å². The van der Waals surface area contributed by atoms with E-state index in [2.05, 4.69) is 53.9 Å². The number of piperazine rings is 1. The van der Waals surface area contributed by atoms with Crippen molar-refractivity contribution in [3.63, 3.8) is 0 Å². The molecule has 0 atom stereocenters. The van der Waals surface area contributed by atoms with Gasteiger partial charge in [0.05, 0.1) is 16.4 Å². The van der Waals surface area contributed by atoms with Crippen LogP contribution in [0.15, 0.2) is 60.1 Å². The number of hydrogen-bond donors (Lipinski definition) is 0. The molecule has 0 bridgehead atoms. The van der Waals surface area contributed by atoms with Crippen LogP contribution < -0.4 is 9.80 Å². The van der Waals surface area contributed by atoms with Gasteiger partial charge in [0.1, 0.15) is 5.82 Å². The highest BCUT2D eigenvalue weighted by Gasteiger charge is 2.27. The number of benzene rings is 1. The van der Waals surface area contributed by atoms with Crippen molar-refractivity contribution in [1.29, 1.82) is 0 Å². The van der Waals surface area contributed by atoms with Crippen molar-refractivity contribution < 1.29 is 0 Å². The lowest BCUT2D eigenvalue weighted by Gasteiger charge is -2.39. The summed E-state index contributed by atoms with van der Waals surface area (Å²) in [6.45, 7) is 4.38. The van der Waals surface area contributed by atoms with Crippen LogP contribution in [-0.2, 0) is 0 Å². The minimum absolute atomic E-state index is 0.795. The summed E-state index contributed by atoms with van der Waals surface area (Å²) >= 11 is 1.71. The quantitative estimate of drug-likeness (QED) is 0.684. The Morgan fingerprint density at radius 2 is 1.81 bits per heavy atom. The molecule has 0 radical (unpaired) electrons. The molecule has 27 heavy (non-hydrogen) atoms. The summed E-state index contributed by atoms with van der Waals surface area (Å²) in [6.07, 6.45) is 9.24. The Kier molecular flexibility index (Phi) is 4.17. The highest BCUT2D eigenvalue weighted by Crippen LogP contribution is 2.30. The van der Waals surface area contributed by atoms with Gasteiger partial charge in [0.25, 0.3) is 0 Å². The lowest BCUT2D eigenvalue weighted by Crippen LogP contribution is -2.54. The highest BCUT2D eigenvalue weighted by atomic mass is 32.1. The third-order valence-corrected chi connectivity index (χ3v) is 5.83. The molecular formula is C19H19N7S. The Morgan fingerprint density at radius 3 is 2.63 bits per heavy atom. The zero-order chi connectivity index (χ0) is 18.1. The third-order valence-electron chi connectivity index (χ3n) is 4.77. The number of aromatic nitrogens is 3. The molecule has 2 aliphatic heterocycles. The first-order valence-corrected chi connectivity index (χ1v) is 9.82. The fourth-order valence-electron chi connectivity index (χ4n) is 3.40. The van der Waals surface area contributed by atoms with Crippen molar-refractivity contribution in [1.82, 2.24) is 19.9 Å². The lowest BCUT2D eigenvalue weighted by molar-refractivity contribution is 0.377. The van der Waals surface area contributed by atoms with Crippen molar-refractivity contribution in [2.24, 2.45) is 4.99 Å². The largest absolute Gasteiger partial charge is 0.352 e. The van der Waals surface area contributed by atoms with Crippen molar-refractivity contribution in [2.75, 3.05) is 42.5 Å². The van der Waals surface area contributed by atoms with E-state index < -0.39 is 0 Å². The van der Waals surface area contributed by atoms with Crippen molar-refractivity contribution in [2.45, 2.75) is 0 Å². The summed E-state index contributed by atoms with van der Waals surface area (Å²) in [5.41, 5.74) is 1.04. The normalized spacial score (nSPS) is 17.5. The van der Waals surface area contributed by atoms with Crippen LogP contribution in [0.1, 0.15) is 0 Å². The van der Waals surface area contributed by atoms with Gasteiger partial charge in [-0.05, 0) is 18.2 Å². The van der Waals surface area contributed by atoms with Crippen LogP contribution in [0.4, 0.5) is 10.9 Å². The fourth-order valence-corrected chi connectivity index (χ4v) is 4.38. The number of guanidine groups is 1. The van der Waals surface area contributed by atoms with Crippen LogP contribution in [-0.4, -0.2) is 58.5 Å². The molecule has 3 aromatic rings. The molecular weight excluding hydrogens is 358 g/mol. The van der Waals surface area contributed by atoms with Gasteiger partial charge < -0.3 is 9.80 Å². The van der Waals surface area contributed by atoms with Gasteiger partial charge in [-0.15, -0.1) is 0 Å². The molecule has 0 N–H and O–H groups in total.